The van der Waals surface area contributed by atoms with Gasteiger partial charge in [0.25, 0.3) is 0 Å². The molecule has 0 radical (unpaired) electrons. The molecule has 0 amide bonds. The average molecular weight is 935 g/mol. The minimum absolute atomic E-state index is 0.115. The smallest absolute Gasteiger partial charge is 0.306 e. The Morgan fingerprint density at radius 1 is 0.485 bits per heavy atom. The molecule has 6 unspecified atom stereocenters. The first-order chi connectivity index (χ1) is 32.4. The highest BCUT2D eigenvalue weighted by molar-refractivity contribution is 5.69. The highest BCUT2D eigenvalue weighted by Gasteiger charge is 2.44. The van der Waals surface area contributed by atoms with Crippen LogP contribution >= 0.6 is 0 Å². The molecule has 1 rings (SSSR count). The summed E-state index contributed by atoms with van der Waals surface area (Å²) in [4.78, 5) is 12.9. The fraction of sp³-hybridized carbons (Fsp3) is 0.877. The zero-order valence-electron chi connectivity index (χ0n) is 43.0. The maximum atomic E-state index is 12.9. The van der Waals surface area contributed by atoms with Crippen LogP contribution in [0, 0.1) is 0 Å². The molecule has 9 nitrogen and oxygen atoms in total. The first-order valence-corrected chi connectivity index (χ1v) is 28.1. The molecule has 1 aliphatic rings. The minimum atomic E-state index is -1.54. The van der Waals surface area contributed by atoms with E-state index in [-0.39, 0.29) is 19.2 Å². The van der Waals surface area contributed by atoms with Crippen molar-refractivity contribution >= 4 is 5.97 Å². The quantitative estimate of drug-likeness (QED) is 0.0267. The number of aliphatic hydroxyl groups excluding tert-OH is 4. The van der Waals surface area contributed by atoms with Crippen molar-refractivity contribution < 1.29 is 44.2 Å². The van der Waals surface area contributed by atoms with Crippen LogP contribution in [-0.4, -0.2) is 89.6 Å². The van der Waals surface area contributed by atoms with Gasteiger partial charge in [0.05, 0.1) is 19.8 Å². The maximum absolute atomic E-state index is 12.9. The van der Waals surface area contributed by atoms with Gasteiger partial charge in [-0.25, -0.2) is 0 Å². The Balaban J connectivity index is 2.17. The standard InChI is InChI=1S/C57H106O9/c1-3-5-7-9-11-13-15-17-19-21-23-25-27-29-31-33-35-37-39-41-43-45-47-63-49-51(50-64-57-56(62)55(61)54(60)52(48-58)66-57)65-53(59)46-44-42-40-38-36-34-32-30-28-26-24-22-20-18-16-14-12-10-8-6-4-2/h15,17,21,23,27,29,51-52,54-58,60-62H,3-14,16,18-20,22,24-26,28,30-50H2,1-2H3/b17-15-,23-21-,29-27-. The lowest BCUT2D eigenvalue weighted by atomic mass is 9.99. The van der Waals surface area contributed by atoms with Crippen molar-refractivity contribution in [3.05, 3.63) is 36.5 Å². The van der Waals surface area contributed by atoms with E-state index < -0.39 is 43.4 Å². The normalized spacial score (nSPS) is 19.5. The molecule has 1 fully saturated rings. The number of hydrogen-bond acceptors (Lipinski definition) is 9. The maximum Gasteiger partial charge on any atom is 0.306 e. The molecule has 0 saturated carbocycles. The SMILES string of the molecule is CCCCCCC/C=C\C/C=C\C/C=C\CCCCCCCCCOCC(COC1OC(CO)C(O)C(O)C1O)OC(=O)CCCCCCCCCCCCCCCCCCCCCCC. The van der Waals surface area contributed by atoms with E-state index in [9.17, 15) is 25.2 Å². The number of allylic oxidation sites excluding steroid dienone is 6. The minimum Gasteiger partial charge on any atom is -0.457 e. The third-order valence-electron chi connectivity index (χ3n) is 13.1. The average Bonchev–Trinajstić information content (AvgIpc) is 3.32. The first kappa shape index (κ1) is 62.4. The predicted octanol–water partition coefficient (Wildman–Crippen LogP) is 14.3. The molecule has 0 aromatic rings. The second-order valence-corrected chi connectivity index (χ2v) is 19.4. The number of aliphatic hydroxyl groups is 4. The highest BCUT2D eigenvalue weighted by Crippen LogP contribution is 2.23. The van der Waals surface area contributed by atoms with E-state index in [1.54, 1.807) is 0 Å². The Bertz CT molecular complexity index is 1110. The van der Waals surface area contributed by atoms with E-state index in [4.69, 9.17) is 18.9 Å². The van der Waals surface area contributed by atoms with Crippen molar-refractivity contribution in [2.24, 2.45) is 0 Å². The van der Waals surface area contributed by atoms with Crippen LogP contribution in [0.15, 0.2) is 36.5 Å². The Morgan fingerprint density at radius 3 is 1.32 bits per heavy atom. The van der Waals surface area contributed by atoms with E-state index in [0.29, 0.717) is 13.0 Å². The largest absolute Gasteiger partial charge is 0.457 e. The lowest BCUT2D eigenvalue weighted by Gasteiger charge is -2.39. The number of unbranched alkanes of at least 4 members (excludes halogenated alkanes) is 32. The molecule has 0 aliphatic carbocycles. The fourth-order valence-electron chi connectivity index (χ4n) is 8.68. The molecule has 1 saturated heterocycles. The summed E-state index contributed by atoms with van der Waals surface area (Å²) in [6, 6.07) is 0. The summed E-state index contributed by atoms with van der Waals surface area (Å²) in [5.41, 5.74) is 0. The molecule has 388 valence electrons. The van der Waals surface area contributed by atoms with Crippen LogP contribution < -0.4 is 0 Å². The second-order valence-electron chi connectivity index (χ2n) is 19.4. The molecule has 66 heavy (non-hydrogen) atoms. The van der Waals surface area contributed by atoms with Gasteiger partial charge in [-0.05, 0) is 51.4 Å². The lowest BCUT2D eigenvalue weighted by Crippen LogP contribution is -2.59. The molecular formula is C57H106O9. The molecule has 0 aromatic heterocycles. The van der Waals surface area contributed by atoms with Crippen molar-refractivity contribution in [2.45, 2.75) is 295 Å². The van der Waals surface area contributed by atoms with E-state index in [1.807, 2.05) is 0 Å². The number of rotatable bonds is 49. The Morgan fingerprint density at radius 2 is 0.879 bits per heavy atom. The summed E-state index contributed by atoms with van der Waals surface area (Å²) in [5.74, 6) is -0.312. The van der Waals surface area contributed by atoms with Crippen LogP contribution in [0.1, 0.15) is 258 Å². The molecule has 0 bridgehead atoms. The van der Waals surface area contributed by atoms with Crippen LogP contribution in [0.3, 0.4) is 0 Å². The van der Waals surface area contributed by atoms with Crippen molar-refractivity contribution in [3.8, 4) is 0 Å². The fourth-order valence-corrected chi connectivity index (χ4v) is 8.68. The van der Waals surface area contributed by atoms with E-state index in [2.05, 4.69) is 50.3 Å². The monoisotopic (exact) mass is 935 g/mol. The molecule has 1 aliphatic heterocycles. The zero-order valence-corrected chi connectivity index (χ0v) is 43.0. The van der Waals surface area contributed by atoms with Crippen LogP contribution in [0.5, 0.6) is 0 Å². The number of carbonyl (C=O) groups is 1. The van der Waals surface area contributed by atoms with Gasteiger partial charge < -0.3 is 39.4 Å². The molecule has 9 heteroatoms. The van der Waals surface area contributed by atoms with Crippen LogP contribution in [0.4, 0.5) is 0 Å². The van der Waals surface area contributed by atoms with Gasteiger partial charge in [-0.3, -0.25) is 4.79 Å². The number of ether oxygens (including phenoxy) is 4. The number of esters is 1. The molecular weight excluding hydrogens is 829 g/mol. The van der Waals surface area contributed by atoms with Gasteiger partial charge in [0.1, 0.15) is 30.5 Å². The second kappa shape index (κ2) is 48.4. The van der Waals surface area contributed by atoms with E-state index >= 15 is 0 Å². The van der Waals surface area contributed by atoms with Gasteiger partial charge in [-0.15, -0.1) is 0 Å². The van der Waals surface area contributed by atoms with Crippen LogP contribution in [0.2, 0.25) is 0 Å². The Kier molecular flexibility index (Phi) is 45.8. The van der Waals surface area contributed by atoms with Crippen molar-refractivity contribution in [1.29, 1.82) is 0 Å². The molecule has 0 spiro atoms. The molecule has 4 N–H and O–H groups in total. The Hall–Kier alpha value is -1.59. The van der Waals surface area contributed by atoms with Gasteiger partial charge in [0, 0.05) is 13.0 Å². The van der Waals surface area contributed by atoms with Crippen LogP contribution in [-0.2, 0) is 23.7 Å². The predicted molar refractivity (Wildman–Crippen MR) is 275 cm³/mol. The Labute approximate surface area is 406 Å². The van der Waals surface area contributed by atoms with Gasteiger partial charge in [-0.1, -0.05) is 237 Å². The summed E-state index contributed by atoms with van der Waals surface area (Å²) in [6.45, 7) is 4.57. The van der Waals surface area contributed by atoms with Gasteiger partial charge in [0.2, 0.25) is 0 Å². The van der Waals surface area contributed by atoms with Crippen LogP contribution in [0.25, 0.3) is 0 Å². The third-order valence-corrected chi connectivity index (χ3v) is 13.1. The number of carbonyl (C=O) groups excluding carboxylic acids is 1. The lowest BCUT2D eigenvalue weighted by molar-refractivity contribution is -0.305. The van der Waals surface area contributed by atoms with E-state index in [1.165, 1.54) is 180 Å². The highest BCUT2D eigenvalue weighted by atomic mass is 16.7. The molecule has 1 heterocycles. The first-order valence-electron chi connectivity index (χ1n) is 28.1. The summed E-state index contributed by atoms with van der Waals surface area (Å²) >= 11 is 0. The van der Waals surface area contributed by atoms with E-state index in [0.717, 1.165) is 57.8 Å². The molecule has 6 atom stereocenters. The van der Waals surface area contributed by atoms with Gasteiger partial charge >= 0.3 is 5.97 Å². The van der Waals surface area contributed by atoms with Crippen molar-refractivity contribution in [3.63, 3.8) is 0 Å². The zero-order chi connectivity index (χ0) is 47.8. The van der Waals surface area contributed by atoms with Gasteiger partial charge in [0.15, 0.2) is 6.29 Å². The van der Waals surface area contributed by atoms with Crippen molar-refractivity contribution in [1.82, 2.24) is 0 Å². The summed E-state index contributed by atoms with van der Waals surface area (Å²) in [5, 5.41) is 40.3. The summed E-state index contributed by atoms with van der Waals surface area (Å²) in [7, 11) is 0. The summed E-state index contributed by atoms with van der Waals surface area (Å²) in [6.07, 6.45) is 53.3. The topological polar surface area (TPSA) is 135 Å². The number of hydrogen-bond donors (Lipinski definition) is 4. The summed E-state index contributed by atoms with van der Waals surface area (Å²) < 4.78 is 23.0. The van der Waals surface area contributed by atoms with Gasteiger partial charge in [-0.2, -0.15) is 0 Å². The van der Waals surface area contributed by atoms with Crippen molar-refractivity contribution in [2.75, 3.05) is 26.4 Å². The third kappa shape index (κ3) is 38.3. The molecule has 0 aromatic carbocycles.